The second kappa shape index (κ2) is 4.14. The SMILES string of the molecule is CNc1c2c(nc3c(Cl)cc(Br)cc13)CCC2. The molecule has 0 spiro atoms. The van der Waals surface area contributed by atoms with Crippen molar-refractivity contribution in [2.24, 2.45) is 0 Å². The summed E-state index contributed by atoms with van der Waals surface area (Å²) >= 11 is 9.76. The van der Waals surface area contributed by atoms with Crippen molar-refractivity contribution >= 4 is 44.1 Å². The number of aromatic nitrogens is 1. The lowest BCUT2D eigenvalue weighted by Crippen LogP contribution is -1.99. The molecule has 1 heterocycles. The summed E-state index contributed by atoms with van der Waals surface area (Å²) in [4.78, 5) is 4.71. The van der Waals surface area contributed by atoms with Gasteiger partial charge < -0.3 is 5.32 Å². The maximum atomic E-state index is 6.27. The number of fused-ring (bicyclic) bond motifs is 2. The van der Waals surface area contributed by atoms with Gasteiger partial charge in [0.05, 0.1) is 10.5 Å². The maximum Gasteiger partial charge on any atom is 0.0913 e. The van der Waals surface area contributed by atoms with Crippen LogP contribution in [-0.2, 0) is 12.8 Å². The Morgan fingerprint density at radius 2 is 2.18 bits per heavy atom. The minimum Gasteiger partial charge on any atom is -0.387 e. The molecule has 1 aromatic heterocycles. The smallest absolute Gasteiger partial charge is 0.0913 e. The number of hydrogen-bond donors (Lipinski definition) is 1. The van der Waals surface area contributed by atoms with E-state index in [2.05, 4.69) is 27.3 Å². The van der Waals surface area contributed by atoms with E-state index in [4.69, 9.17) is 16.6 Å². The molecule has 0 saturated heterocycles. The molecule has 3 rings (SSSR count). The highest BCUT2D eigenvalue weighted by Gasteiger charge is 2.20. The van der Waals surface area contributed by atoms with Gasteiger partial charge in [0.2, 0.25) is 0 Å². The highest BCUT2D eigenvalue weighted by Crippen LogP contribution is 2.37. The number of pyridine rings is 1. The molecule has 1 aliphatic rings. The molecule has 0 saturated carbocycles. The first-order chi connectivity index (χ1) is 8.20. The van der Waals surface area contributed by atoms with Crippen LogP contribution in [-0.4, -0.2) is 12.0 Å². The van der Waals surface area contributed by atoms with E-state index in [0.717, 1.165) is 28.2 Å². The van der Waals surface area contributed by atoms with Gasteiger partial charge in [-0.2, -0.15) is 0 Å². The van der Waals surface area contributed by atoms with Crippen molar-refractivity contribution in [2.45, 2.75) is 19.3 Å². The first kappa shape index (κ1) is 11.3. The fraction of sp³-hybridized carbons (Fsp3) is 0.308. The van der Waals surface area contributed by atoms with Crippen molar-refractivity contribution in [3.8, 4) is 0 Å². The Bertz CT molecular complexity index is 610. The van der Waals surface area contributed by atoms with Crippen molar-refractivity contribution in [2.75, 3.05) is 12.4 Å². The summed E-state index contributed by atoms with van der Waals surface area (Å²) in [6, 6.07) is 3.98. The van der Waals surface area contributed by atoms with E-state index in [1.54, 1.807) is 0 Å². The number of benzene rings is 1. The van der Waals surface area contributed by atoms with Gasteiger partial charge in [0.1, 0.15) is 0 Å². The van der Waals surface area contributed by atoms with Gasteiger partial charge in [-0.3, -0.25) is 4.98 Å². The third kappa shape index (κ3) is 1.72. The van der Waals surface area contributed by atoms with Gasteiger partial charge in [-0.05, 0) is 37.0 Å². The highest BCUT2D eigenvalue weighted by molar-refractivity contribution is 9.10. The predicted molar refractivity (Wildman–Crippen MR) is 76.0 cm³/mol. The Labute approximate surface area is 114 Å². The van der Waals surface area contributed by atoms with Gasteiger partial charge in [-0.15, -0.1) is 0 Å². The van der Waals surface area contributed by atoms with E-state index in [1.807, 2.05) is 13.1 Å². The number of aryl methyl sites for hydroxylation is 1. The van der Waals surface area contributed by atoms with E-state index in [9.17, 15) is 0 Å². The number of halogens is 2. The van der Waals surface area contributed by atoms with Crippen LogP contribution in [0, 0.1) is 0 Å². The molecule has 1 aliphatic carbocycles. The number of nitrogens with one attached hydrogen (secondary N) is 1. The summed E-state index contributed by atoms with van der Waals surface area (Å²) in [5, 5.41) is 5.12. The lowest BCUT2D eigenvalue weighted by atomic mass is 10.1. The maximum absolute atomic E-state index is 6.27. The van der Waals surface area contributed by atoms with Gasteiger partial charge in [-0.25, -0.2) is 0 Å². The summed E-state index contributed by atoms with van der Waals surface area (Å²) in [5.74, 6) is 0. The summed E-state index contributed by atoms with van der Waals surface area (Å²) < 4.78 is 0.992. The van der Waals surface area contributed by atoms with Crippen LogP contribution >= 0.6 is 27.5 Å². The van der Waals surface area contributed by atoms with Crippen LogP contribution < -0.4 is 5.32 Å². The average molecular weight is 312 g/mol. The van der Waals surface area contributed by atoms with Crippen LogP contribution in [0.15, 0.2) is 16.6 Å². The van der Waals surface area contributed by atoms with Gasteiger partial charge >= 0.3 is 0 Å². The molecule has 0 aliphatic heterocycles. The molecule has 0 bridgehead atoms. The molecule has 0 fully saturated rings. The summed E-state index contributed by atoms with van der Waals surface area (Å²) in [5.41, 5.74) is 4.64. The lowest BCUT2D eigenvalue weighted by Gasteiger charge is -2.13. The zero-order valence-corrected chi connectivity index (χ0v) is 11.8. The molecule has 88 valence electrons. The van der Waals surface area contributed by atoms with Crippen LogP contribution in [0.5, 0.6) is 0 Å². The van der Waals surface area contributed by atoms with Gasteiger partial charge in [0.25, 0.3) is 0 Å². The van der Waals surface area contributed by atoms with Crippen LogP contribution in [0.1, 0.15) is 17.7 Å². The van der Waals surface area contributed by atoms with Crippen LogP contribution in [0.25, 0.3) is 10.9 Å². The monoisotopic (exact) mass is 310 g/mol. The summed E-state index contributed by atoms with van der Waals surface area (Å²) in [6.45, 7) is 0. The molecular formula is C13H12BrClN2. The zero-order valence-electron chi connectivity index (χ0n) is 9.48. The summed E-state index contributed by atoms with van der Waals surface area (Å²) in [6.07, 6.45) is 3.36. The standard InChI is InChI=1S/C13H12BrClN2/c1-16-12-8-3-2-4-11(8)17-13-9(12)5-7(14)6-10(13)15/h5-6H,2-4H2,1H3,(H,16,17). The van der Waals surface area contributed by atoms with Crippen molar-refractivity contribution in [1.29, 1.82) is 0 Å². The highest BCUT2D eigenvalue weighted by atomic mass is 79.9. The third-order valence-corrected chi connectivity index (χ3v) is 4.03. The van der Waals surface area contributed by atoms with E-state index in [-0.39, 0.29) is 0 Å². The number of anilines is 1. The molecule has 1 N–H and O–H groups in total. The Morgan fingerprint density at radius 1 is 1.35 bits per heavy atom. The first-order valence-corrected chi connectivity index (χ1v) is 6.86. The molecule has 0 unspecified atom stereocenters. The summed E-state index contributed by atoms with van der Waals surface area (Å²) in [7, 11) is 1.96. The van der Waals surface area contributed by atoms with Crippen molar-refractivity contribution in [1.82, 2.24) is 4.98 Å². The molecular weight excluding hydrogens is 300 g/mol. The Kier molecular flexibility index (Phi) is 2.75. The largest absolute Gasteiger partial charge is 0.387 e. The fourth-order valence-corrected chi connectivity index (χ4v) is 3.42. The Hall–Kier alpha value is -0.800. The number of hydrogen-bond acceptors (Lipinski definition) is 2. The molecule has 0 radical (unpaired) electrons. The molecule has 0 amide bonds. The Balaban J connectivity index is 2.45. The van der Waals surface area contributed by atoms with Gasteiger partial charge in [-0.1, -0.05) is 27.5 Å². The van der Waals surface area contributed by atoms with E-state index < -0.39 is 0 Å². The molecule has 1 aromatic carbocycles. The second-order valence-electron chi connectivity index (χ2n) is 4.30. The van der Waals surface area contributed by atoms with Crippen LogP contribution in [0.4, 0.5) is 5.69 Å². The van der Waals surface area contributed by atoms with Gasteiger partial charge in [0, 0.05) is 28.3 Å². The minimum absolute atomic E-state index is 0.709. The molecule has 2 nitrogen and oxygen atoms in total. The Morgan fingerprint density at radius 3 is 2.94 bits per heavy atom. The van der Waals surface area contributed by atoms with E-state index in [0.29, 0.717) is 5.02 Å². The predicted octanol–water partition coefficient (Wildman–Crippen LogP) is 4.18. The second-order valence-corrected chi connectivity index (χ2v) is 5.62. The first-order valence-electron chi connectivity index (χ1n) is 5.69. The number of rotatable bonds is 1. The molecule has 2 aromatic rings. The quantitative estimate of drug-likeness (QED) is 0.854. The fourth-order valence-electron chi connectivity index (χ4n) is 2.57. The molecule has 17 heavy (non-hydrogen) atoms. The van der Waals surface area contributed by atoms with Crippen LogP contribution in [0.2, 0.25) is 5.02 Å². The van der Waals surface area contributed by atoms with Crippen molar-refractivity contribution < 1.29 is 0 Å². The lowest BCUT2D eigenvalue weighted by molar-refractivity contribution is 0.901. The van der Waals surface area contributed by atoms with Crippen LogP contribution in [0.3, 0.4) is 0 Å². The number of nitrogens with zero attached hydrogens (tertiary/aromatic N) is 1. The van der Waals surface area contributed by atoms with E-state index >= 15 is 0 Å². The topological polar surface area (TPSA) is 24.9 Å². The zero-order chi connectivity index (χ0) is 12.0. The molecule has 0 atom stereocenters. The molecule has 4 heteroatoms. The van der Waals surface area contributed by atoms with E-state index in [1.165, 1.54) is 23.4 Å². The van der Waals surface area contributed by atoms with Crippen molar-refractivity contribution in [3.05, 3.63) is 32.9 Å². The third-order valence-electron chi connectivity index (χ3n) is 3.28. The average Bonchev–Trinajstić information content (AvgIpc) is 2.74. The van der Waals surface area contributed by atoms with Gasteiger partial charge in [0.15, 0.2) is 0 Å². The van der Waals surface area contributed by atoms with Crippen molar-refractivity contribution in [3.63, 3.8) is 0 Å². The minimum atomic E-state index is 0.709. The normalized spacial score (nSPS) is 14.1.